The van der Waals surface area contributed by atoms with Crippen LogP contribution in [0.25, 0.3) is 11.0 Å². The van der Waals surface area contributed by atoms with E-state index in [1.54, 1.807) is 35.2 Å². The van der Waals surface area contributed by atoms with Crippen molar-refractivity contribution < 1.29 is 9.59 Å². The Bertz CT molecular complexity index is 983. The predicted molar refractivity (Wildman–Crippen MR) is 108 cm³/mol. The Balaban J connectivity index is 1.82. The number of anilines is 1. The highest BCUT2D eigenvalue weighted by molar-refractivity contribution is 6.02. The van der Waals surface area contributed by atoms with Crippen LogP contribution in [0.2, 0.25) is 0 Å². The number of hydrogen-bond donors (Lipinski definition) is 1. The van der Waals surface area contributed by atoms with Gasteiger partial charge < -0.3 is 5.32 Å². The van der Waals surface area contributed by atoms with Crippen molar-refractivity contribution in [3.63, 3.8) is 0 Å². The number of amides is 1. The van der Waals surface area contributed by atoms with Crippen LogP contribution in [-0.4, -0.2) is 21.4 Å². The number of aryl methyl sites for hydroxylation is 2. The second kappa shape index (κ2) is 7.74. The molecule has 0 radical (unpaired) electrons. The molecule has 0 atom stereocenters. The van der Waals surface area contributed by atoms with Gasteiger partial charge >= 0.3 is 0 Å². The second-order valence-corrected chi connectivity index (χ2v) is 6.92. The van der Waals surface area contributed by atoms with Crippen molar-refractivity contribution in [3.8, 4) is 0 Å². The fraction of sp³-hybridized carbons (Fsp3) is 0.318. The van der Waals surface area contributed by atoms with Crippen molar-refractivity contribution in [2.24, 2.45) is 5.92 Å². The molecule has 0 saturated carbocycles. The van der Waals surface area contributed by atoms with Gasteiger partial charge in [0.15, 0.2) is 0 Å². The minimum atomic E-state index is -0.140. The first kappa shape index (κ1) is 18.8. The van der Waals surface area contributed by atoms with E-state index in [9.17, 15) is 9.59 Å². The van der Waals surface area contributed by atoms with Crippen molar-refractivity contribution >= 4 is 28.5 Å². The maximum Gasteiger partial charge on any atom is 0.263 e. The zero-order chi connectivity index (χ0) is 19.6. The first-order chi connectivity index (χ1) is 12.9. The summed E-state index contributed by atoms with van der Waals surface area (Å²) in [5, 5.41) is 2.92. The Labute approximate surface area is 159 Å². The molecule has 140 valence electrons. The number of benzene rings is 2. The van der Waals surface area contributed by atoms with Gasteiger partial charge in [-0.2, -0.15) is 0 Å². The van der Waals surface area contributed by atoms with E-state index < -0.39 is 0 Å². The number of hydrogen-bond acceptors (Lipinski definition) is 3. The largest absolute Gasteiger partial charge is 0.326 e. The van der Waals surface area contributed by atoms with Crippen LogP contribution in [-0.2, 0) is 4.79 Å². The maximum atomic E-state index is 12.9. The van der Waals surface area contributed by atoms with Gasteiger partial charge in [-0.25, -0.2) is 4.98 Å². The quantitative estimate of drug-likeness (QED) is 0.713. The minimum absolute atomic E-state index is 0.00955. The van der Waals surface area contributed by atoms with Gasteiger partial charge in [-0.1, -0.05) is 13.8 Å². The summed E-state index contributed by atoms with van der Waals surface area (Å²) in [6.07, 6.45) is 3.19. The van der Waals surface area contributed by atoms with Gasteiger partial charge in [0, 0.05) is 17.2 Å². The number of fused-ring (bicyclic) bond motifs is 1. The lowest BCUT2D eigenvalue weighted by molar-refractivity contribution is -0.120. The number of aromatic nitrogens is 2. The lowest BCUT2D eigenvalue weighted by Crippen LogP contribution is -2.21. The van der Waals surface area contributed by atoms with E-state index in [1.165, 1.54) is 0 Å². The highest BCUT2D eigenvalue weighted by Crippen LogP contribution is 2.20. The summed E-state index contributed by atoms with van der Waals surface area (Å²) in [7, 11) is 0. The van der Waals surface area contributed by atoms with Gasteiger partial charge in [-0.05, 0) is 74.2 Å². The molecule has 0 aliphatic rings. The van der Waals surface area contributed by atoms with Crippen LogP contribution in [0.15, 0.2) is 42.7 Å². The second-order valence-electron chi connectivity index (χ2n) is 6.92. The normalized spacial score (nSPS) is 11.1. The average molecular weight is 363 g/mol. The van der Waals surface area contributed by atoms with Crippen LogP contribution in [0.3, 0.4) is 0 Å². The van der Waals surface area contributed by atoms with Crippen molar-refractivity contribution in [1.82, 2.24) is 9.55 Å². The predicted octanol–water partition coefficient (Wildman–Crippen LogP) is 4.72. The summed E-state index contributed by atoms with van der Waals surface area (Å²) < 4.78 is 1.57. The minimum Gasteiger partial charge on any atom is -0.326 e. The third kappa shape index (κ3) is 3.77. The number of carbonyl (C=O) groups excluding carboxylic acids is 2. The number of carbonyl (C=O) groups is 2. The average Bonchev–Trinajstić information content (AvgIpc) is 3.05. The Morgan fingerprint density at radius 2 is 1.67 bits per heavy atom. The van der Waals surface area contributed by atoms with Crippen molar-refractivity contribution in [1.29, 1.82) is 0 Å². The molecule has 0 aliphatic heterocycles. The van der Waals surface area contributed by atoms with Gasteiger partial charge in [0.2, 0.25) is 5.91 Å². The molecule has 0 unspecified atom stereocenters. The summed E-state index contributed by atoms with van der Waals surface area (Å²) in [4.78, 5) is 29.4. The molecular formula is C22H25N3O2. The molecule has 27 heavy (non-hydrogen) atoms. The van der Waals surface area contributed by atoms with Crippen LogP contribution in [0.5, 0.6) is 0 Å². The van der Waals surface area contributed by atoms with E-state index in [1.807, 2.05) is 39.8 Å². The molecular weight excluding hydrogens is 338 g/mol. The Morgan fingerprint density at radius 3 is 2.30 bits per heavy atom. The van der Waals surface area contributed by atoms with Crippen LogP contribution in [0, 0.1) is 19.8 Å². The molecule has 5 nitrogen and oxygen atoms in total. The monoisotopic (exact) mass is 363 g/mol. The van der Waals surface area contributed by atoms with Crippen molar-refractivity contribution in [2.75, 3.05) is 5.32 Å². The smallest absolute Gasteiger partial charge is 0.263 e. The molecule has 0 spiro atoms. The van der Waals surface area contributed by atoms with Gasteiger partial charge in [-0.15, -0.1) is 0 Å². The van der Waals surface area contributed by atoms with E-state index in [4.69, 9.17) is 0 Å². The standard InChI is InChI=1S/C22H25N3O2/c1-5-16(6-2)21(26)24-18-9-7-17(8-10-18)22(27)25-13-23-19-11-14(3)15(4)12-20(19)25/h7-13,16H,5-6H2,1-4H3,(H,24,26). The number of nitrogens with zero attached hydrogens (tertiary/aromatic N) is 2. The fourth-order valence-corrected chi connectivity index (χ4v) is 3.17. The first-order valence-electron chi connectivity index (χ1n) is 9.34. The summed E-state index contributed by atoms with van der Waals surface area (Å²) in [6.45, 7) is 8.07. The Morgan fingerprint density at radius 1 is 1.04 bits per heavy atom. The molecule has 1 N–H and O–H groups in total. The summed E-state index contributed by atoms with van der Waals surface area (Å²) in [5.41, 5.74) is 5.13. The van der Waals surface area contributed by atoms with E-state index in [0.717, 1.165) is 35.0 Å². The van der Waals surface area contributed by atoms with E-state index in [-0.39, 0.29) is 17.7 Å². The Hall–Kier alpha value is -2.95. The van der Waals surface area contributed by atoms with Crippen LogP contribution in [0.1, 0.15) is 48.2 Å². The van der Waals surface area contributed by atoms with Gasteiger partial charge in [0.1, 0.15) is 6.33 Å². The number of nitrogens with one attached hydrogen (secondary N) is 1. The van der Waals surface area contributed by atoms with E-state index in [2.05, 4.69) is 10.3 Å². The van der Waals surface area contributed by atoms with Crippen molar-refractivity contribution in [3.05, 3.63) is 59.4 Å². The summed E-state index contributed by atoms with van der Waals surface area (Å²) >= 11 is 0. The Kier molecular flexibility index (Phi) is 5.40. The fourth-order valence-electron chi connectivity index (χ4n) is 3.17. The molecule has 1 amide bonds. The molecule has 0 saturated heterocycles. The lowest BCUT2D eigenvalue weighted by Gasteiger charge is -2.13. The van der Waals surface area contributed by atoms with Crippen LogP contribution in [0.4, 0.5) is 5.69 Å². The molecule has 3 aromatic rings. The number of imidazole rings is 1. The van der Waals surface area contributed by atoms with Crippen LogP contribution < -0.4 is 5.32 Å². The number of rotatable bonds is 5. The van der Waals surface area contributed by atoms with Crippen molar-refractivity contribution in [2.45, 2.75) is 40.5 Å². The molecule has 1 aromatic heterocycles. The third-order valence-corrected chi connectivity index (χ3v) is 5.14. The van der Waals surface area contributed by atoms with E-state index >= 15 is 0 Å². The maximum absolute atomic E-state index is 12.9. The molecule has 0 fully saturated rings. The zero-order valence-electron chi connectivity index (χ0n) is 16.2. The van der Waals surface area contributed by atoms with Gasteiger partial charge in [0.25, 0.3) is 5.91 Å². The summed E-state index contributed by atoms with van der Waals surface area (Å²) in [6, 6.07) is 11.0. The van der Waals surface area contributed by atoms with E-state index in [0.29, 0.717) is 11.3 Å². The zero-order valence-corrected chi connectivity index (χ0v) is 16.2. The SMILES string of the molecule is CCC(CC)C(=O)Nc1ccc(C(=O)n2cnc3cc(C)c(C)cc32)cc1. The van der Waals surface area contributed by atoms with Gasteiger partial charge in [0.05, 0.1) is 11.0 Å². The van der Waals surface area contributed by atoms with Crippen LogP contribution >= 0.6 is 0 Å². The lowest BCUT2D eigenvalue weighted by atomic mass is 10.0. The highest BCUT2D eigenvalue weighted by atomic mass is 16.2. The molecule has 5 heteroatoms. The topological polar surface area (TPSA) is 64.0 Å². The highest BCUT2D eigenvalue weighted by Gasteiger charge is 2.16. The first-order valence-corrected chi connectivity index (χ1v) is 9.34. The molecule has 0 bridgehead atoms. The molecule has 3 rings (SSSR count). The van der Waals surface area contributed by atoms with Gasteiger partial charge in [-0.3, -0.25) is 14.2 Å². The summed E-state index contributed by atoms with van der Waals surface area (Å²) in [5.74, 6) is -0.112. The third-order valence-electron chi connectivity index (χ3n) is 5.14. The molecule has 0 aliphatic carbocycles. The molecule has 2 aromatic carbocycles. The molecule has 1 heterocycles.